The monoisotopic (exact) mass is 200 g/mol. The average Bonchev–Trinajstić information content (AvgIpc) is 2.24. The molecule has 0 heterocycles. The van der Waals surface area contributed by atoms with Crippen LogP contribution in [0.3, 0.4) is 0 Å². The lowest BCUT2D eigenvalue weighted by Crippen LogP contribution is -2.40. The van der Waals surface area contributed by atoms with Gasteiger partial charge in [-0.15, -0.1) is 0 Å². The summed E-state index contributed by atoms with van der Waals surface area (Å²) >= 11 is 0. The van der Waals surface area contributed by atoms with Crippen molar-refractivity contribution in [2.75, 3.05) is 0 Å². The van der Waals surface area contributed by atoms with Gasteiger partial charge in [0, 0.05) is 5.54 Å². The Labute approximate surface area is 90.3 Å². The van der Waals surface area contributed by atoms with Crippen LogP contribution in [0.1, 0.15) is 12.5 Å². The van der Waals surface area contributed by atoms with Crippen molar-refractivity contribution in [3.63, 3.8) is 0 Å². The van der Waals surface area contributed by atoms with Crippen molar-refractivity contribution >= 4 is 0 Å². The summed E-state index contributed by atoms with van der Waals surface area (Å²) in [6.45, 7) is 1.95. The molecule has 0 fully saturated rings. The van der Waals surface area contributed by atoms with Crippen LogP contribution in [0.25, 0.3) is 0 Å². The van der Waals surface area contributed by atoms with Gasteiger partial charge in [0.1, 0.15) is 0 Å². The molecule has 0 aromatic heterocycles. The van der Waals surface area contributed by atoms with E-state index in [-0.39, 0.29) is 5.54 Å². The molecular weight excluding hydrogens is 184 g/mol. The van der Waals surface area contributed by atoms with E-state index >= 15 is 0 Å². The van der Waals surface area contributed by atoms with E-state index in [0.29, 0.717) is 0 Å². The van der Waals surface area contributed by atoms with Gasteiger partial charge in [-0.1, -0.05) is 54.6 Å². The molecule has 78 valence electrons. The van der Waals surface area contributed by atoms with Gasteiger partial charge in [-0.3, -0.25) is 0 Å². The van der Waals surface area contributed by atoms with Gasteiger partial charge < -0.3 is 11.5 Å². The predicted octanol–water partition coefficient (Wildman–Crippen LogP) is 1.68. The lowest BCUT2D eigenvalue weighted by Gasteiger charge is -2.30. The Kier molecular flexibility index (Phi) is 2.25. The maximum absolute atomic E-state index is 6.27. The van der Waals surface area contributed by atoms with E-state index in [1.165, 1.54) is 0 Å². The molecule has 0 bridgehead atoms. The minimum absolute atomic E-state index is 0.377. The standard InChI is InChI=1S/C13H16N2/c1-12(14)7-9-13(15,10-8-12)11-5-3-2-4-6-11/h2-10H,14-15H2,1H3. The fourth-order valence-corrected chi connectivity index (χ4v) is 1.67. The zero-order chi connectivity index (χ0) is 10.9. The minimum atomic E-state index is -0.514. The van der Waals surface area contributed by atoms with Gasteiger partial charge in [-0.2, -0.15) is 0 Å². The molecule has 0 spiro atoms. The number of benzene rings is 1. The van der Waals surface area contributed by atoms with Gasteiger partial charge in [0.15, 0.2) is 0 Å². The van der Waals surface area contributed by atoms with E-state index < -0.39 is 5.54 Å². The van der Waals surface area contributed by atoms with Crippen molar-refractivity contribution in [2.45, 2.75) is 18.0 Å². The van der Waals surface area contributed by atoms with Gasteiger partial charge in [-0.25, -0.2) is 0 Å². The first kappa shape index (κ1) is 10.1. The predicted molar refractivity (Wildman–Crippen MR) is 63.2 cm³/mol. The minimum Gasteiger partial charge on any atom is -0.319 e. The maximum Gasteiger partial charge on any atom is 0.0783 e. The van der Waals surface area contributed by atoms with Crippen LogP contribution in [-0.2, 0) is 5.54 Å². The number of nitrogens with two attached hydrogens (primary N) is 2. The highest BCUT2D eigenvalue weighted by Crippen LogP contribution is 2.27. The summed E-state index contributed by atoms with van der Waals surface area (Å²) in [4.78, 5) is 0. The zero-order valence-electron chi connectivity index (χ0n) is 8.85. The van der Waals surface area contributed by atoms with E-state index in [2.05, 4.69) is 0 Å². The molecular formula is C13H16N2. The fraction of sp³-hybridized carbons (Fsp3) is 0.231. The molecule has 1 aromatic rings. The van der Waals surface area contributed by atoms with Crippen LogP contribution in [0, 0.1) is 0 Å². The molecule has 1 aromatic carbocycles. The Morgan fingerprint density at radius 3 is 1.93 bits per heavy atom. The molecule has 0 aliphatic heterocycles. The average molecular weight is 200 g/mol. The van der Waals surface area contributed by atoms with Gasteiger partial charge in [-0.05, 0) is 12.5 Å². The molecule has 2 heteroatoms. The SMILES string of the molecule is CC1(N)C=CC(N)(c2ccccc2)C=C1. The van der Waals surface area contributed by atoms with E-state index in [1.54, 1.807) is 0 Å². The van der Waals surface area contributed by atoms with Gasteiger partial charge in [0.2, 0.25) is 0 Å². The first-order valence-electron chi connectivity index (χ1n) is 5.06. The quantitative estimate of drug-likeness (QED) is 0.678. The first-order valence-corrected chi connectivity index (χ1v) is 5.06. The van der Waals surface area contributed by atoms with Gasteiger partial charge in [0.05, 0.1) is 5.54 Å². The second-order valence-corrected chi connectivity index (χ2v) is 4.33. The topological polar surface area (TPSA) is 52.0 Å². The van der Waals surface area contributed by atoms with Crippen molar-refractivity contribution in [3.05, 3.63) is 60.2 Å². The number of rotatable bonds is 1. The summed E-state index contributed by atoms with van der Waals surface area (Å²) in [6.07, 6.45) is 7.81. The Hall–Kier alpha value is -1.38. The molecule has 15 heavy (non-hydrogen) atoms. The molecule has 1 aliphatic carbocycles. The van der Waals surface area contributed by atoms with Crippen molar-refractivity contribution in [1.29, 1.82) is 0 Å². The third-order valence-electron chi connectivity index (χ3n) is 2.71. The highest BCUT2D eigenvalue weighted by molar-refractivity contribution is 5.40. The van der Waals surface area contributed by atoms with E-state index in [9.17, 15) is 0 Å². The largest absolute Gasteiger partial charge is 0.319 e. The highest BCUT2D eigenvalue weighted by atomic mass is 14.8. The lowest BCUT2D eigenvalue weighted by molar-refractivity contribution is 0.635. The zero-order valence-corrected chi connectivity index (χ0v) is 8.85. The van der Waals surface area contributed by atoms with Crippen molar-refractivity contribution in [1.82, 2.24) is 0 Å². The third kappa shape index (κ3) is 2.01. The smallest absolute Gasteiger partial charge is 0.0783 e. The Bertz CT molecular complexity index is 386. The summed E-state index contributed by atoms with van der Waals surface area (Å²) in [6, 6.07) is 10.0. The molecule has 2 nitrogen and oxygen atoms in total. The van der Waals surface area contributed by atoms with Gasteiger partial charge >= 0.3 is 0 Å². The third-order valence-corrected chi connectivity index (χ3v) is 2.71. The molecule has 0 unspecified atom stereocenters. The van der Waals surface area contributed by atoms with E-state index in [1.807, 2.05) is 61.6 Å². The van der Waals surface area contributed by atoms with Gasteiger partial charge in [0.25, 0.3) is 0 Å². The maximum atomic E-state index is 6.27. The molecule has 1 aliphatic rings. The summed E-state index contributed by atoms with van der Waals surface area (Å²) in [7, 11) is 0. The molecule has 0 amide bonds. The normalized spacial score (nSPS) is 34.3. The lowest BCUT2D eigenvalue weighted by atomic mass is 9.82. The Balaban J connectivity index is 2.36. The van der Waals surface area contributed by atoms with Crippen LogP contribution in [0.15, 0.2) is 54.6 Å². The second kappa shape index (κ2) is 3.33. The van der Waals surface area contributed by atoms with E-state index in [4.69, 9.17) is 11.5 Å². The Morgan fingerprint density at radius 1 is 0.867 bits per heavy atom. The highest BCUT2D eigenvalue weighted by Gasteiger charge is 2.26. The molecule has 4 N–H and O–H groups in total. The van der Waals surface area contributed by atoms with E-state index in [0.717, 1.165) is 5.56 Å². The second-order valence-electron chi connectivity index (χ2n) is 4.33. The Morgan fingerprint density at radius 2 is 1.40 bits per heavy atom. The van der Waals surface area contributed by atoms with Crippen LogP contribution >= 0.6 is 0 Å². The first-order chi connectivity index (χ1) is 7.02. The summed E-state index contributed by atoms with van der Waals surface area (Å²) in [5.74, 6) is 0. The van der Waals surface area contributed by atoms with Crippen LogP contribution in [-0.4, -0.2) is 5.54 Å². The molecule has 0 radical (unpaired) electrons. The summed E-state index contributed by atoms with van der Waals surface area (Å²) < 4.78 is 0. The molecule has 2 rings (SSSR count). The molecule has 0 saturated carbocycles. The molecule has 0 saturated heterocycles. The summed E-state index contributed by atoms with van der Waals surface area (Å²) in [5.41, 5.74) is 12.4. The van der Waals surface area contributed by atoms with Crippen LogP contribution in [0.5, 0.6) is 0 Å². The van der Waals surface area contributed by atoms with Crippen LogP contribution in [0.4, 0.5) is 0 Å². The fourth-order valence-electron chi connectivity index (χ4n) is 1.67. The van der Waals surface area contributed by atoms with Crippen molar-refractivity contribution in [3.8, 4) is 0 Å². The number of hydrogen-bond acceptors (Lipinski definition) is 2. The van der Waals surface area contributed by atoms with Crippen LogP contribution in [0.2, 0.25) is 0 Å². The number of hydrogen-bond donors (Lipinski definition) is 2. The van der Waals surface area contributed by atoms with Crippen LogP contribution < -0.4 is 11.5 Å². The van der Waals surface area contributed by atoms with Crippen molar-refractivity contribution < 1.29 is 0 Å². The summed E-state index contributed by atoms with van der Waals surface area (Å²) in [5, 5.41) is 0. The van der Waals surface area contributed by atoms with Crippen molar-refractivity contribution in [2.24, 2.45) is 11.5 Å². The molecule has 0 atom stereocenters.